The van der Waals surface area contributed by atoms with Gasteiger partial charge in [0, 0.05) is 17.3 Å². The molecule has 0 aromatic carbocycles. The Morgan fingerprint density at radius 1 is 1.40 bits per heavy atom. The Hall–Kier alpha value is -0.0500. The molecule has 0 aliphatic heterocycles. The Labute approximate surface area is 100 Å². The molecule has 2 saturated carbocycles. The van der Waals surface area contributed by atoms with Crippen LogP contribution in [-0.4, -0.2) is 17.3 Å². The summed E-state index contributed by atoms with van der Waals surface area (Å²) in [5.74, 6) is 2.14. The van der Waals surface area contributed by atoms with Gasteiger partial charge in [-0.25, -0.2) is 0 Å². The monoisotopic (exact) mass is 273 g/mol. The van der Waals surface area contributed by atoms with Crippen LogP contribution in [0.1, 0.15) is 39.0 Å². The molecule has 3 atom stereocenters. The van der Waals surface area contributed by atoms with Crippen LogP contribution in [0.5, 0.6) is 0 Å². The molecule has 0 saturated heterocycles. The molecule has 2 aliphatic carbocycles. The summed E-state index contributed by atoms with van der Waals surface area (Å²) in [7, 11) is 0. The van der Waals surface area contributed by atoms with Gasteiger partial charge in [-0.15, -0.1) is 0 Å². The number of alkyl halides is 1. The van der Waals surface area contributed by atoms with E-state index in [2.05, 4.69) is 28.2 Å². The zero-order valence-electron chi connectivity index (χ0n) is 9.34. The second kappa shape index (κ2) is 4.86. The van der Waals surface area contributed by atoms with E-state index in [1.54, 1.807) is 0 Å². The van der Waals surface area contributed by atoms with Gasteiger partial charge in [-0.2, -0.15) is 0 Å². The molecular weight excluding hydrogens is 254 g/mol. The van der Waals surface area contributed by atoms with Crippen molar-refractivity contribution in [2.75, 3.05) is 5.33 Å². The van der Waals surface area contributed by atoms with Crippen molar-refractivity contribution in [2.24, 2.45) is 17.8 Å². The number of fused-ring (bicyclic) bond motifs is 1. The molecule has 1 amide bonds. The Kier molecular flexibility index (Phi) is 3.70. The van der Waals surface area contributed by atoms with Gasteiger partial charge in [0.25, 0.3) is 0 Å². The maximum atomic E-state index is 12.0. The van der Waals surface area contributed by atoms with E-state index in [4.69, 9.17) is 0 Å². The molecule has 86 valence electrons. The fourth-order valence-electron chi connectivity index (χ4n) is 2.93. The highest BCUT2D eigenvalue weighted by Crippen LogP contribution is 2.55. The maximum absolute atomic E-state index is 12.0. The molecule has 3 heteroatoms. The summed E-state index contributed by atoms with van der Waals surface area (Å²) in [5, 5.41) is 4.02. The average Bonchev–Trinajstić information content (AvgIpc) is 2.99. The molecule has 2 aliphatic rings. The lowest BCUT2D eigenvalue weighted by Crippen LogP contribution is -2.37. The first-order valence-corrected chi connectivity index (χ1v) is 7.26. The molecule has 2 fully saturated rings. The molecule has 2 nitrogen and oxygen atoms in total. The molecule has 1 N–H and O–H groups in total. The van der Waals surface area contributed by atoms with Crippen molar-refractivity contribution < 1.29 is 4.79 Å². The number of amides is 1. The molecule has 0 heterocycles. The van der Waals surface area contributed by atoms with Crippen LogP contribution in [0, 0.1) is 17.8 Å². The van der Waals surface area contributed by atoms with E-state index in [1.165, 1.54) is 25.7 Å². The smallest absolute Gasteiger partial charge is 0.223 e. The van der Waals surface area contributed by atoms with Crippen LogP contribution in [-0.2, 0) is 4.79 Å². The zero-order valence-corrected chi connectivity index (χ0v) is 10.9. The first-order valence-electron chi connectivity index (χ1n) is 6.14. The molecule has 2 rings (SSSR count). The van der Waals surface area contributed by atoms with E-state index in [9.17, 15) is 4.79 Å². The first kappa shape index (κ1) is 11.4. The lowest BCUT2D eigenvalue weighted by molar-refractivity contribution is -0.123. The van der Waals surface area contributed by atoms with Crippen LogP contribution in [0.3, 0.4) is 0 Å². The second-order valence-corrected chi connectivity index (χ2v) is 5.55. The Morgan fingerprint density at radius 3 is 2.47 bits per heavy atom. The summed E-state index contributed by atoms with van der Waals surface area (Å²) in [6, 6.07) is 0.320. The molecule has 0 radical (unpaired) electrons. The fraction of sp³-hybridized carbons (Fsp3) is 0.917. The second-order valence-electron chi connectivity index (χ2n) is 4.91. The van der Waals surface area contributed by atoms with Crippen LogP contribution in [0.15, 0.2) is 0 Å². The minimum atomic E-state index is 0.318. The molecule has 3 unspecified atom stereocenters. The summed E-state index contributed by atoms with van der Waals surface area (Å²) in [6.07, 6.45) is 6.25. The molecule has 15 heavy (non-hydrogen) atoms. The quantitative estimate of drug-likeness (QED) is 0.785. The standard InChI is InChI=1S/C12H20BrNO/c1-2-8(7-13)14-12(15)11-9-5-3-4-6-10(9)11/h8-11H,2-7H2,1H3,(H,14,15). The molecule has 0 aromatic rings. The third-order valence-electron chi connectivity index (χ3n) is 3.98. The third-order valence-corrected chi connectivity index (χ3v) is 4.77. The van der Waals surface area contributed by atoms with Crippen LogP contribution in [0.2, 0.25) is 0 Å². The van der Waals surface area contributed by atoms with E-state index in [0.717, 1.165) is 23.6 Å². The average molecular weight is 274 g/mol. The Balaban J connectivity index is 1.82. The summed E-state index contributed by atoms with van der Waals surface area (Å²) in [5.41, 5.74) is 0. The Bertz CT molecular complexity index is 228. The normalized spacial score (nSPS) is 35.5. The van der Waals surface area contributed by atoms with Gasteiger partial charge in [-0.3, -0.25) is 4.79 Å². The summed E-state index contributed by atoms with van der Waals surface area (Å²) in [6.45, 7) is 2.12. The molecule has 0 bridgehead atoms. The lowest BCUT2D eigenvalue weighted by atomic mass is 10.0. The van der Waals surface area contributed by atoms with Crippen LogP contribution in [0.25, 0.3) is 0 Å². The van der Waals surface area contributed by atoms with Crippen LogP contribution in [0.4, 0.5) is 0 Å². The lowest BCUT2D eigenvalue weighted by Gasteiger charge is -2.13. The van der Waals surface area contributed by atoms with Crippen molar-refractivity contribution in [3.63, 3.8) is 0 Å². The van der Waals surface area contributed by atoms with Gasteiger partial charge in [0.15, 0.2) is 0 Å². The van der Waals surface area contributed by atoms with Crippen molar-refractivity contribution in [1.82, 2.24) is 5.32 Å². The van der Waals surface area contributed by atoms with Gasteiger partial charge in [0.2, 0.25) is 5.91 Å². The largest absolute Gasteiger partial charge is 0.352 e. The highest BCUT2D eigenvalue weighted by Gasteiger charge is 2.54. The molecule has 0 aromatic heterocycles. The number of hydrogen-bond donors (Lipinski definition) is 1. The summed E-state index contributed by atoms with van der Waals surface area (Å²) < 4.78 is 0. The minimum Gasteiger partial charge on any atom is -0.352 e. The molecular formula is C12H20BrNO. The van der Waals surface area contributed by atoms with Gasteiger partial charge in [0.1, 0.15) is 0 Å². The minimum absolute atomic E-state index is 0.318. The zero-order chi connectivity index (χ0) is 10.8. The number of carbonyl (C=O) groups excluding carboxylic acids is 1. The predicted molar refractivity (Wildman–Crippen MR) is 65.0 cm³/mol. The number of rotatable bonds is 4. The van der Waals surface area contributed by atoms with Gasteiger partial charge in [-0.1, -0.05) is 35.7 Å². The van der Waals surface area contributed by atoms with Crippen molar-refractivity contribution in [3.05, 3.63) is 0 Å². The third kappa shape index (κ3) is 2.38. The predicted octanol–water partition coefficient (Wildman–Crippen LogP) is 2.71. The van der Waals surface area contributed by atoms with Gasteiger partial charge in [0.05, 0.1) is 0 Å². The van der Waals surface area contributed by atoms with E-state index in [-0.39, 0.29) is 0 Å². The number of carbonyl (C=O) groups is 1. The first-order chi connectivity index (χ1) is 7.27. The number of nitrogens with one attached hydrogen (secondary N) is 1. The van der Waals surface area contributed by atoms with E-state index in [1.807, 2.05) is 0 Å². The fourth-order valence-corrected chi connectivity index (χ4v) is 3.55. The topological polar surface area (TPSA) is 29.1 Å². The van der Waals surface area contributed by atoms with Gasteiger partial charge in [-0.05, 0) is 31.1 Å². The van der Waals surface area contributed by atoms with Crippen molar-refractivity contribution in [2.45, 2.75) is 45.1 Å². The highest BCUT2D eigenvalue weighted by atomic mass is 79.9. The van der Waals surface area contributed by atoms with E-state index in [0.29, 0.717) is 17.9 Å². The Morgan fingerprint density at radius 2 is 2.00 bits per heavy atom. The summed E-state index contributed by atoms with van der Waals surface area (Å²) in [4.78, 5) is 12.0. The van der Waals surface area contributed by atoms with Gasteiger partial charge >= 0.3 is 0 Å². The van der Waals surface area contributed by atoms with Gasteiger partial charge < -0.3 is 5.32 Å². The maximum Gasteiger partial charge on any atom is 0.223 e. The summed E-state index contributed by atoms with van der Waals surface area (Å²) >= 11 is 3.44. The number of halogens is 1. The van der Waals surface area contributed by atoms with E-state index < -0.39 is 0 Å². The molecule has 0 spiro atoms. The van der Waals surface area contributed by atoms with Crippen LogP contribution >= 0.6 is 15.9 Å². The van der Waals surface area contributed by atoms with Crippen LogP contribution < -0.4 is 5.32 Å². The SMILES string of the molecule is CCC(CBr)NC(=O)C1C2CCCCC21. The van der Waals surface area contributed by atoms with Crippen molar-refractivity contribution >= 4 is 21.8 Å². The number of hydrogen-bond acceptors (Lipinski definition) is 1. The highest BCUT2D eigenvalue weighted by molar-refractivity contribution is 9.09. The van der Waals surface area contributed by atoms with Crippen molar-refractivity contribution in [3.8, 4) is 0 Å². The van der Waals surface area contributed by atoms with Crippen molar-refractivity contribution in [1.29, 1.82) is 0 Å². The van der Waals surface area contributed by atoms with E-state index >= 15 is 0 Å².